The number of aliphatic hydroxyl groups excluding tert-OH is 3. The van der Waals surface area contributed by atoms with Crippen LogP contribution in [0, 0.1) is 0 Å². The van der Waals surface area contributed by atoms with Gasteiger partial charge in [0.25, 0.3) is 0 Å². The van der Waals surface area contributed by atoms with E-state index in [2.05, 4.69) is 15.0 Å². The topological polar surface area (TPSA) is 169 Å². The number of aliphatic hydroxyl groups is 3. The molecule has 2 unspecified atom stereocenters. The molecule has 12 heteroatoms. The Morgan fingerprint density at radius 3 is 2.39 bits per heavy atom. The highest BCUT2D eigenvalue weighted by atomic mass is 16.6. The lowest BCUT2D eigenvalue weighted by Gasteiger charge is -2.20. The van der Waals surface area contributed by atoms with Gasteiger partial charge in [0.2, 0.25) is 5.95 Å². The summed E-state index contributed by atoms with van der Waals surface area (Å²) < 4.78 is 12.5. The van der Waals surface area contributed by atoms with Gasteiger partial charge in [0.05, 0.1) is 12.9 Å². The third-order valence-electron chi connectivity index (χ3n) is 6.37. The minimum atomic E-state index is -1.27. The largest absolute Gasteiger partial charge is 0.460 e. The van der Waals surface area contributed by atoms with E-state index in [0.717, 1.165) is 17.5 Å². The first kappa shape index (κ1) is 27.7. The van der Waals surface area contributed by atoms with Crippen molar-refractivity contribution in [3.8, 4) is 0 Å². The molecule has 5 N–H and O–H groups in total. The minimum absolute atomic E-state index is 0.177. The molecule has 3 heterocycles. The zero-order chi connectivity index (χ0) is 27.6. The number of imidazole rings is 1. The van der Waals surface area contributed by atoms with Crippen molar-refractivity contribution in [2.24, 2.45) is 0 Å². The zero-order valence-electron chi connectivity index (χ0n) is 22.1. The molecule has 38 heavy (non-hydrogen) atoms. The monoisotopic (exact) mass is 528 g/mol. The Morgan fingerprint density at radius 2 is 1.79 bits per heavy atom. The molecule has 0 radical (unpaired) electrons. The van der Waals surface area contributed by atoms with Crippen molar-refractivity contribution in [1.82, 2.24) is 19.5 Å². The first-order valence-corrected chi connectivity index (χ1v) is 12.6. The number of nitrogen functional groups attached to an aromatic ring is 1. The van der Waals surface area contributed by atoms with Crippen LogP contribution < -0.4 is 10.6 Å². The van der Waals surface area contributed by atoms with Gasteiger partial charge >= 0.3 is 5.97 Å². The maximum absolute atomic E-state index is 12.0. The van der Waals surface area contributed by atoms with Gasteiger partial charge in [-0.3, -0.25) is 9.36 Å². The van der Waals surface area contributed by atoms with Crippen molar-refractivity contribution in [2.45, 2.75) is 70.2 Å². The van der Waals surface area contributed by atoms with Crippen LogP contribution in [0.3, 0.4) is 0 Å². The number of aromatic nitrogens is 4. The van der Waals surface area contributed by atoms with E-state index in [1.54, 1.807) is 0 Å². The zero-order valence-corrected chi connectivity index (χ0v) is 22.1. The highest BCUT2D eigenvalue weighted by Crippen LogP contribution is 2.32. The summed E-state index contributed by atoms with van der Waals surface area (Å²) in [7, 11) is 1.85. The molecule has 1 aliphatic heterocycles. The number of carbonyl (C=O) groups is 1. The smallest absolute Gasteiger partial charge is 0.306 e. The maximum atomic E-state index is 12.0. The van der Waals surface area contributed by atoms with Gasteiger partial charge in [-0.15, -0.1) is 0 Å². The van der Waals surface area contributed by atoms with E-state index >= 15 is 0 Å². The van der Waals surface area contributed by atoms with Gasteiger partial charge < -0.3 is 35.4 Å². The molecule has 2 aromatic heterocycles. The molecular formula is C26H36N6O6. The predicted octanol–water partition coefficient (Wildman–Crippen LogP) is 0.973. The Bertz CT molecular complexity index is 1260. The maximum Gasteiger partial charge on any atom is 0.306 e. The molecule has 4 atom stereocenters. The molecule has 0 spiro atoms. The van der Waals surface area contributed by atoms with Gasteiger partial charge in [0.1, 0.15) is 29.4 Å². The molecule has 1 aromatic carbocycles. The third-order valence-corrected chi connectivity index (χ3v) is 6.37. The van der Waals surface area contributed by atoms with Crippen molar-refractivity contribution >= 4 is 28.9 Å². The predicted molar refractivity (Wildman–Crippen MR) is 140 cm³/mol. The average Bonchev–Trinajstić information content (AvgIpc) is 3.41. The first-order valence-electron chi connectivity index (χ1n) is 12.6. The van der Waals surface area contributed by atoms with Gasteiger partial charge in [0.15, 0.2) is 17.7 Å². The Morgan fingerprint density at radius 1 is 1.13 bits per heavy atom. The second-order valence-electron chi connectivity index (χ2n) is 10.5. The molecule has 0 amide bonds. The minimum Gasteiger partial charge on any atom is -0.460 e. The molecule has 0 bridgehead atoms. The number of benzene rings is 1. The lowest BCUT2D eigenvalue weighted by molar-refractivity contribution is -0.154. The van der Waals surface area contributed by atoms with Crippen LogP contribution in [-0.4, -0.2) is 84.9 Å². The van der Waals surface area contributed by atoms with Crippen LogP contribution in [0.25, 0.3) is 11.2 Å². The highest BCUT2D eigenvalue weighted by Gasteiger charge is 2.44. The second kappa shape index (κ2) is 11.2. The summed E-state index contributed by atoms with van der Waals surface area (Å²) in [6.45, 7) is 5.74. The number of nitrogens with two attached hydrogens (primary N) is 1. The van der Waals surface area contributed by atoms with Crippen LogP contribution in [0.5, 0.6) is 0 Å². The van der Waals surface area contributed by atoms with Gasteiger partial charge in [-0.1, -0.05) is 24.3 Å². The summed E-state index contributed by atoms with van der Waals surface area (Å²) in [5, 5.41) is 30.0. The van der Waals surface area contributed by atoms with Crippen LogP contribution >= 0.6 is 0 Å². The summed E-state index contributed by atoms with van der Waals surface area (Å²) in [6, 6.07) is 8.10. The van der Waals surface area contributed by atoms with E-state index in [1.807, 2.05) is 57.0 Å². The number of fused-ring (bicyclic) bond motifs is 1. The molecule has 12 nitrogen and oxygen atoms in total. The van der Waals surface area contributed by atoms with E-state index in [0.29, 0.717) is 36.5 Å². The average molecular weight is 529 g/mol. The lowest BCUT2D eigenvalue weighted by Crippen LogP contribution is -2.33. The van der Waals surface area contributed by atoms with Crippen molar-refractivity contribution in [3.05, 3.63) is 41.7 Å². The van der Waals surface area contributed by atoms with Crippen LogP contribution in [0.2, 0.25) is 0 Å². The van der Waals surface area contributed by atoms with Crippen LogP contribution in [-0.2, 0) is 27.1 Å². The molecule has 206 valence electrons. The number of carbonyl (C=O) groups excluding carboxylic acids is 1. The van der Waals surface area contributed by atoms with Gasteiger partial charge in [0, 0.05) is 20.0 Å². The summed E-state index contributed by atoms with van der Waals surface area (Å²) in [5.74, 6) is 0.341. The molecule has 4 rings (SSSR count). The van der Waals surface area contributed by atoms with Crippen LogP contribution in [0.4, 0.5) is 11.8 Å². The van der Waals surface area contributed by atoms with E-state index in [-0.39, 0.29) is 11.8 Å². The number of aryl methyl sites for hydroxylation is 1. The fourth-order valence-corrected chi connectivity index (χ4v) is 4.30. The SMILES string of the molecule is CN(CCc1ccc(CCC(=O)OC(C)(C)C)cc1)c1nc(N)c2ncn([C@@H]3O[C@H](CO)C(O)C3O)c2n1. The molecule has 1 fully saturated rings. The van der Waals surface area contributed by atoms with Crippen LogP contribution in [0.1, 0.15) is 44.5 Å². The van der Waals surface area contributed by atoms with Gasteiger partial charge in [-0.25, -0.2) is 4.98 Å². The quantitative estimate of drug-likeness (QED) is 0.292. The highest BCUT2D eigenvalue weighted by molar-refractivity contribution is 5.83. The molecule has 1 saturated heterocycles. The normalized spacial score (nSPS) is 21.7. The van der Waals surface area contributed by atoms with Crippen molar-refractivity contribution in [1.29, 1.82) is 0 Å². The first-order chi connectivity index (χ1) is 18.0. The summed E-state index contributed by atoms with van der Waals surface area (Å²) in [4.78, 5) is 27.0. The van der Waals surface area contributed by atoms with Crippen molar-refractivity contribution in [3.63, 3.8) is 0 Å². The summed E-state index contributed by atoms with van der Waals surface area (Å²) in [5.41, 5.74) is 8.54. The number of hydrogen-bond acceptors (Lipinski definition) is 11. The number of esters is 1. The van der Waals surface area contributed by atoms with E-state index in [9.17, 15) is 20.1 Å². The van der Waals surface area contributed by atoms with E-state index in [4.69, 9.17) is 15.2 Å². The molecule has 0 aliphatic carbocycles. The molecule has 1 aliphatic rings. The number of hydrogen-bond donors (Lipinski definition) is 4. The number of likely N-dealkylation sites (N-methyl/N-ethyl adjacent to an activating group) is 1. The fourth-order valence-electron chi connectivity index (χ4n) is 4.30. The standard InChI is InChI=1S/C26H36N6O6/c1-26(2,3)38-18(34)10-9-15-5-7-16(8-6-15)11-12-31(4)25-29-22(27)19-23(30-25)32(14-28-19)24-21(36)20(35)17(13-33)37-24/h5-8,14,17,20-21,24,33,35-36H,9-13H2,1-4H3,(H2,27,29,30)/t17-,20?,21?,24-/m1/s1. The second-order valence-corrected chi connectivity index (χ2v) is 10.5. The van der Waals surface area contributed by atoms with E-state index in [1.165, 1.54) is 10.9 Å². The van der Waals surface area contributed by atoms with E-state index < -0.39 is 36.7 Å². The van der Waals surface area contributed by atoms with Gasteiger partial charge in [-0.05, 0) is 44.7 Å². The fraction of sp³-hybridized carbons (Fsp3) is 0.538. The molecule has 0 saturated carbocycles. The number of nitrogens with zero attached hydrogens (tertiary/aromatic N) is 5. The van der Waals surface area contributed by atoms with Crippen LogP contribution in [0.15, 0.2) is 30.6 Å². The Kier molecular flexibility index (Phi) is 8.16. The molecule has 3 aromatic rings. The summed E-state index contributed by atoms with van der Waals surface area (Å²) in [6.07, 6.45) is -1.32. The number of ether oxygens (including phenoxy) is 2. The lowest BCUT2D eigenvalue weighted by atomic mass is 10.1. The van der Waals surface area contributed by atoms with Gasteiger partial charge in [-0.2, -0.15) is 9.97 Å². The Balaban J connectivity index is 1.40. The van der Waals surface area contributed by atoms with Crippen molar-refractivity contribution < 1.29 is 29.6 Å². The Hall–Kier alpha value is -3.32. The third kappa shape index (κ3) is 6.21. The Labute approximate surface area is 221 Å². The van der Waals surface area contributed by atoms with Crippen molar-refractivity contribution in [2.75, 3.05) is 30.8 Å². The summed E-state index contributed by atoms with van der Waals surface area (Å²) >= 11 is 0. The number of rotatable bonds is 9. The molecular weight excluding hydrogens is 492 g/mol. The number of anilines is 2.